The summed E-state index contributed by atoms with van der Waals surface area (Å²) in [6, 6.07) is 8.22. The number of allylic oxidation sites excluding steroid dienone is 6. The number of anilines is 1. The Labute approximate surface area is 238 Å². The lowest BCUT2D eigenvalue weighted by Gasteiger charge is -2.33. The number of para-hydroxylation sites is 1. The van der Waals surface area contributed by atoms with Gasteiger partial charge in [-0.2, -0.15) is 27.1 Å². The van der Waals surface area contributed by atoms with Crippen LogP contribution >= 0.6 is 0 Å². The molecule has 4 rings (SSSR count). The zero-order valence-corrected chi connectivity index (χ0v) is 23.1. The van der Waals surface area contributed by atoms with Gasteiger partial charge in [-0.25, -0.2) is 0 Å². The van der Waals surface area contributed by atoms with Gasteiger partial charge in [-0.15, -0.1) is 5.10 Å². The zero-order valence-electron chi connectivity index (χ0n) is 21.5. The first kappa shape index (κ1) is 29.5. The molecule has 0 spiro atoms. The maximum atomic E-state index is 13.1. The number of hydrazone groups is 1. The minimum absolute atomic E-state index is 0.106. The summed E-state index contributed by atoms with van der Waals surface area (Å²) in [4.78, 5) is 33.2. The van der Waals surface area contributed by atoms with Gasteiger partial charge in [0.15, 0.2) is 9.73 Å². The van der Waals surface area contributed by atoms with E-state index in [0.29, 0.717) is 5.69 Å². The summed E-state index contributed by atoms with van der Waals surface area (Å²) in [7, 11) is -3.81. The number of methoxy groups -OCH3 is 2. The van der Waals surface area contributed by atoms with Crippen LogP contribution in [0.25, 0.3) is 0 Å². The normalized spacial score (nSPS) is 16.8. The van der Waals surface area contributed by atoms with Gasteiger partial charge < -0.3 is 14.8 Å². The fourth-order valence-electron chi connectivity index (χ4n) is 4.02. The Morgan fingerprint density at radius 2 is 1.40 bits per heavy atom. The van der Waals surface area contributed by atoms with Gasteiger partial charge in [0.25, 0.3) is 17.3 Å². The summed E-state index contributed by atoms with van der Waals surface area (Å²) in [5.41, 5.74) is 1.28. The van der Waals surface area contributed by atoms with Gasteiger partial charge in [-0.05, 0) is 12.1 Å². The highest BCUT2D eigenvalue weighted by Crippen LogP contribution is 2.34. The number of hydrogen-bond acceptors (Lipinski definition) is 15. The van der Waals surface area contributed by atoms with Gasteiger partial charge in [-0.1, -0.05) is 18.2 Å². The van der Waals surface area contributed by atoms with Crippen molar-refractivity contribution in [3.8, 4) is 0 Å². The molecular formula is C22H19N7O11S2. The molecule has 1 aromatic rings. The number of nitrogens with one attached hydrogen (secondary N) is 2. The van der Waals surface area contributed by atoms with Crippen molar-refractivity contribution in [3.05, 3.63) is 97.0 Å². The van der Waals surface area contributed by atoms with Crippen LogP contribution in [0.4, 0.5) is 5.69 Å². The second-order valence-corrected chi connectivity index (χ2v) is 10.2. The van der Waals surface area contributed by atoms with Crippen molar-refractivity contribution in [2.75, 3.05) is 19.5 Å². The predicted octanol–water partition coefficient (Wildman–Crippen LogP) is -0.0766. The van der Waals surface area contributed by atoms with Crippen LogP contribution < -0.4 is 10.7 Å². The number of benzene rings is 1. The van der Waals surface area contributed by atoms with Crippen LogP contribution in [-0.4, -0.2) is 72.6 Å². The maximum absolute atomic E-state index is 13.1. The first-order valence-electron chi connectivity index (χ1n) is 11.5. The van der Waals surface area contributed by atoms with E-state index in [1.165, 1.54) is 0 Å². The molecule has 18 nitrogen and oxygen atoms in total. The Kier molecular flexibility index (Phi) is 8.38. The van der Waals surface area contributed by atoms with E-state index in [4.69, 9.17) is 9.47 Å². The van der Waals surface area contributed by atoms with E-state index in [1.807, 2.05) is 0 Å². The number of hydrazine groups is 2. The number of amides is 1. The lowest BCUT2D eigenvalue weighted by molar-refractivity contribution is -0.415. The van der Waals surface area contributed by atoms with Crippen molar-refractivity contribution in [1.29, 1.82) is 0 Å². The lowest BCUT2D eigenvalue weighted by atomic mass is 10.1. The zero-order chi connectivity index (χ0) is 30.7. The fourth-order valence-corrected chi connectivity index (χ4v) is 5.13. The smallest absolute Gasteiger partial charge is 0.294 e. The van der Waals surface area contributed by atoms with Crippen LogP contribution in [-0.2, 0) is 34.9 Å². The average molecular weight is 622 g/mol. The Morgan fingerprint density at radius 1 is 0.905 bits per heavy atom. The minimum Gasteiger partial charge on any atom is -0.494 e. The van der Waals surface area contributed by atoms with Crippen molar-refractivity contribution in [1.82, 2.24) is 15.7 Å². The second kappa shape index (κ2) is 11.9. The van der Waals surface area contributed by atoms with Crippen LogP contribution in [0.5, 0.6) is 0 Å². The Balaban J connectivity index is 1.92. The lowest BCUT2D eigenvalue weighted by Crippen LogP contribution is -2.47. The van der Waals surface area contributed by atoms with Crippen LogP contribution in [0.2, 0.25) is 0 Å². The van der Waals surface area contributed by atoms with Crippen LogP contribution in [0, 0.1) is 20.2 Å². The average Bonchev–Trinajstić information content (AvgIpc) is 3.41. The Morgan fingerprint density at radius 3 is 1.88 bits per heavy atom. The van der Waals surface area contributed by atoms with E-state index in [9.17, 15) is 41.9 Å². The summed E-state index contributed by atoms with van der Waals surface area (Å²) in [5, 5.41) is 31.8. The number of carbonyl (C=O) groups excluding carboxylic acids is 1. The molecule has 0 radical (unpaired) electrons. The third-order valence-electron chi connectivity index (χ3n) is 5.91. The van der Waals surface area contributed by atoms with Crippen LogP contribution in [0.3, 0.4) is 0 Å². The largest absolute Gasteiger partial charge is 0.494 e. The van der Waals surface area contributed by atoms with E-state index in [-0.39, 0.29) is 22.9 Å². The molecule has 220 valence electrons. The fraction of sp³-hybridized carbons (Fsp3) is 0.182. The molecule has 20 heteroatoms. The third kappa shape index (κ3) is 5.69. The molecule has 0 atom stereocenters. The molecule has 42 heavy (non-hydrogen) atoms. The van der Waals surface area contributed by atoms with E-state index in [2.05, 4.69) is 15.8 Å². The van der Waals surface area contributed by atoms with E-state index >= 15 is 0 Å². The van der Waals surface area contributed by atoms with Gasteiger partial charge in [0.1, 0.15) is 22.9 Å². The third-order valence-corrected chi connectivity index (χ3v) is 7.42. The predicted molar refractivity (Wildman–Crippen MR) is 145 cm³/mol. The van der Waals surface area contributed by atoms with Crippen molar-refractivity contribution in [2.24, 2.45) is 5.10 Å². The second-order valence-electron chi connectivity index (χ2n) is 8.25. The molecule has 3 aliphatic rings. The number of ether oxygens (including phenoxy) is 2. The van der Waals surface area contributed by atoms with Crippen molar-refractivity contribution >= 4 is 47.7 Å². The molecule has 0 saturated carbocycles. The maximum Gasteiger partial charge on any atom is 0.294 e. The van der Waals surface area contributed by atoms with Gasteiger partial charge in [0.05, 0.1) is 36.2 Å². The molecule has 0 saturated heterocycles. The van der Waals surface area contributed by atoms with Gasteiger partial charge >= 0.3 is 0 Å². The van der Waals surface area contributed by atoms with Gasteiger partial charge in [0.2, 0.25) is 26.4 Å². The highest BCUT2D eigenvalue weighted by molar-refractivity contribution is 7.73. The standard InChI is InChI=1S/C22H19N7O11S2/c1-39-17-8-15(28(31)32)19(41(35)36)10-13(17)26-24-21(22(30)23-12-6-4-3-5-7-12)25-27(26)14-11-20(42(37)38)16(29(33)34)9-18(14)40-2/h3-9H,10-11H2,1-2H3,(H,23,30)(H,24,25). The van der Waals surface area contributed by atoms with Crippen molar-refractivity contribution < 1.29 is 41.0 Å². The quantitative estimate of drug-likeness (QED) is 0.220. The summed E-state index contributed by atoms with van der Waals surface area (Å²) in [6.45, 7) is 0. The topological polar surface area (TPSA) is 233 Å². The highest BCUT2D eigenvalue weighted by atomic mass is 32.2. The first-order valence-corrected chi connectivity index (χ1v) is 13.6. The summed E-state index contributed by atoms with van der Waals surface area (Å²) in [6.07, 6.45) is 0.430. The molecule has 0 unspecified atom stereocenters. The Bertz CT molecular complexity index is 1820. The summed E-state index contributed by atoms with van der Waals surface area (Å²) in [5.74, 6) is -1.62. The molecule has 1 heterocycles. The van der Waals surface area contributed by atoms with Crippen LogP contribution in [0.15, 0.2) is 81.9 Å². The van der Waals surface area contributed by atoms with Crippen molar-refractivity contribution in [2.45, 2.75) is 12.8 Å². The minimum atomic E-state index is -3.06. The number of carbonyl (C=O) groups is 1. The molecule has 1 aliphatic heterocycles. The van der Waals surface area contributed by atoms with Crippen molar-refractivity contribution in [3.63, 3.8) is 0 Å². The van der Waals surface area contributed by atoms with E-state index in [0.717, 1.165) is 36.6 Å². The molecule has 1 aromatic carbocycles. The molecule has 2 N–H and O–H groups in total. The number of nitrogens with zero attached hydrogens (tertiary/aromatic N) is 5. The molecular weight excluding hydrogens is 602 g/mol. The monoisotopic (exact) mass is 621 g/mol. The molecule has 1 amide bonds. The van der Waals surface area contributed by atoms with Gasteiger partial charge in [0, 0.05) is 18.5 Å². The molecule has 0 fully saturated rings. The molecule has 0 bridgehead atoms. The Hall–Kier alpha value is -5.50. The van der Waals surface area contributed by atoms with E-state index in [1.54, 1.807) is 30.3 Å². The first-order chi connectivity index (χ1) is 20.0. The molecule has 0 aromatic heterocycles. The SMILES string of the molecule is COC1=C(N2N=C(C(=O)Nc3ccccc3)NN2C2=C(OC)C=C([N+](=O)[O-])C(=S(=O)=O)C2)CC(=S(=O)=O)C([N+](=O)[O-])=C1. The number of amidine groups is 1. The van der Waals surface area contributed by atoms with Gasteiger partial charge in [-0.3, -0.25) is 30.4 Å². The van der Waals surface area contributed by atoms with E-state index < -0.39 is 76.1 Å². The number of rotatable bonds is 8. The summed E-state index contributed by atoms with van der Waals surface area (Å²) < 4.78 is 58.3. The number of hydrogen-bond donors (Lipinski definition) is 2. The van der Waals surface area contributed by atoms with Crippen LogP contribution in [0.1, 0.15) is 12.8 Å². The number of nitro groups is 2. The molecule has 2 aliphatic carbocycles. The highest BCUT2D eigenvalue weighted by Gasteiger charge is 2.42. The summed E-state index contributed by atoms with van der Waals surface area (Å²) >= 11 is 0.